The Morgan fingerprint density at radius 2 is 1.54 bits per heavy atom. The van der Waals surface area contributed by atoms with Crippen LogP contribution in [0.25, 0.3) is 0 Å². The van der Waals surface area contributed by atoms with Crippen LogP contribution in [0.15, 0.2) is 18.3 Å². The van der Waals surface area contributed by atoms with Crippen molar-refractivity contribution in [3.63, 3.8) is 0 Å². The van der Waals surface area contributed by atoms with E-state index in [1.165, 1.54) is 19.3 Å². The first-order chi connectivity index (χ1) is 12.6. The van der Waals surface area contributed by atoms with Crippen LogP contribution >= 0.6 is 0 Å². The van der Waals surface area contributed by atoms with Crippen LogP contribution in [-0.4, -0.2) is 18.1 Å². The SMILES string of the molecule is C#Cc1ccc(N2CCC(C)CC2)nc1.CC.CC.CC.CCC(C)C. The maximum Gasteiger partial charge on any atom is 0.128 e. The summed E-state index contributed by atoms with van der Waals surface area (Å²) in [6.07, 6.45) is 10.9. The fourth-order valence-electron chi connectivity index (χ4n) is 1.90. The van der Waals surface area contributed by atoms with Crippen LogP contribution in [0, 0.1) is 24.2 Å². The normalized spacial score (nSPS) is 12.6. The molecule has 152 valence electrons. The van der Waals surface area contributed by atoms with Crippen molar-refractivity contribution in [1.82, 2.24) is 4.98 Å². The average Bonchev–Trinajstić information content (AvgIpc) is 2.73. The molecule has 0 atom stereocenters. The zero-order valence-corrected chi connectivity index (χ0v) is 19.4. The van der Waals surface area contributed by atoms with Gasteiger partial charge in [0.1, 0.15) is 5.82 Å². The summed E-state index contributed by atoms with van der Waals surface area (Å²) in [6, 6.07) is 3.98. The minimum atomic E-state index is 0.851. The Morgan fingerprint density at radius 1 is 1.08 bits per heavy atom. The lowest BCUT2D eigenvalue weighted by Gasteiger charge is -2.31. The molecule has 1 aliphatic rings. The maximum atomic E-state index is 5.29. The zero-order chi connectivity index (χ0) is 21.0. The van der Waals surface area contributed by atoms with Gasteiger partial charge in [-0.05, 0) is 36.8 Å². The van der Waals surface area contributed by atoms with Gasteiger partial charge < -0.3 is 4.90 Å². The number of nitrogens with zero attached hydrogens (tertiary/aromatic N) is 2. The van der Waals surface area contributed by atoms with Gasteiger partial charge in [-0.25, -0.2) is 4.98 Å². The molecule has 0 N–H and O–H groups in total. The minimum absolute atomic E-state index is 0.851. The van der Waals surface area contributed by atoms with Crippen molar-refractivity contribution in [2.24, 2.45) is 11.8 Å². The molecule has 26 heavy (non-hydrogen) atoms. The van der Waals surface area contributed by atoms with Crippen LogP contribution in [-0.2, 0) is 0 Å². The number of terminal acetylenes is 1. The molecule has 1 aromatic rings. The fraction of sp³-hybridized carbons (Fsp3) is 0.708. The van der Waals surface area contributed by atoms with Crippen molar-refractivity contribution in [3.05, 3.63) is 23.9 Å². The van der Waals surface area contributed by atoms with E-state index in [0.29, 0.717) is 0 Å². The van der Waals surface area contributed by atoms with E-state index >= 15 is 0 Å². The molecule has 2 rings (SSSR count). The fourth-order valence-corrected chi connectivity index (χ4v) is 1.90. The molecule has 2 heterocycles. The van der Waals surface area contributed by atoms with Gasteiger partial charge in [-0.1, -0.05) is 81.6 Å². The van der Waals surface area contributed by atoms with E-state index in [4.69, 9.17) is 6.42 Å². The lowest BCUT2D eigenvalue weighted by atomic mass is 9.99. The van der Waals surface area contributed by atoms with Crippen LogP contribution < -0.4 is 4.90 Å². The van der Waals surface area contributed by atoms with Crippen LogP contribution in [0.4, 0.5) is 5.82 Å². The van der Waals surface area contributed by atoms with Gasteiger partial charge in [-0.3, -0.25) is 0 Å². The lowest BCUT2D eigenvalue weighted by Crippen LogP contribution is -2.33. The third kappa shape index (κ3) is 14.8. The maximum absolute atomic E-state index is 5.29. The molecule has 0 aliphatic carbocycles. The van der Waals surface area contributed by atoms with Gasteiger partial charge in [0.2, 0.25) is 0 Å². The molecule has 0 spiro atoms. The number of hydrogen-bond acceptors (Lipinski definition) is 2. The van der Waals surface area contributed by atoms with E-state index in [1.807, 2.05) is 53.7 Å². The molecule has 1 aromatic heterocycles. The summed E-state index contributed by atoms with van der Waals surface area (Å²) in [6.45, 7) is 23.2. The topological polar surface area (TPSA) is 16.1 Å². The smallest absolute Gasteiger partial charge is 0.128 e. The quantitative estimate of drug-likeness (QED) is 0.508. The lowest BCUT2D eigenvalue weighted by molar-refractivity contribution is 0.436. The predicted molar refractivity (Wildman–Crippen MR) is 122 cm³/mol. The van der Waals surface area contributed by atoms with E-state index in [2.05, 4.69) is 43.5 Å². The zero-order valence-electron chi connectivity index (χ0n) is 19.4. The second-order valence-electron chi connectivity index (χ2n) is 6.02. The summed E-state index contributed by atoms with van der Waals surface area (Å²) in [4.78, 5) is 6.72. The highest BCUT2D eigenvalue weighted by molar-refractivity contribution is 5.42. The van der Waals surface area contributed by atoms with Crippen molar-refractivity contribution < 1.29 is 0 Å². The molecule has 0 bridgehead atoms. The minimum Gasteiger partial charge on any atom is -0.357 e. The van der Waals surface area contributed by atoms with Crippen LogP contribution in [0.5, 0.6) is 0 Å². The van der Waals surface area contributed by atoms with Crippen molar-refractivity contribution in [3.8, 4) is 12.3 Å². The molecule has 0 amide bonds. The number of piperidine rings is 1. The van der Waals surface area contributed by atoms with Crippen LogP contribution in [0.1, 0.15) is 94.1 Å². The number of rotatable bonds is 2. The van der Waals surface area contributed by atoms with E-state index in [0.717, 1.165) is 36.3 Å². The van der Waals surface area contributed by atoms with Gasteiger partial charge in [-0.15, -0.1) is 6.42 Å². The Hall–Kier alpha value is -1.49. The first-order valence-electron chi connectivity index (χ1n) is 10.7. The third-order valence-corrected chi connectivity index (χ3v) is 3.84. The Kier molecular flexibility index (Phi) is 24.3. The molecule has 0 radical (unpaired) electrons. The first-order valence-corrected chi connectivity index (χ1v) is 10.7. The second-order valence-corrected chi connectivity index (χ2v) is 6.02. The molecule has 1 saturated heterocycles. The number of pyridine rings is 1. The Bertz CT molecular complexity index is 407. The molecule has 1 fully saturated rings. The van der Waals surface area contributed by atoms with Crippen LogP contribution in [0.2, 0.25) is 0 Å². The highest BCUT2D eigenvalue weighted by Gasteiger charge is 2.16. The van der Waals surface area contributed by atoms with Crippen molar-refractivity contribution in [2.45, 2.75) is 88.5 Å². The summed E-state index contributed by atoms with van der Waals surface area (Å²) in [5.74, 6) is 5.38. The molecule has 0 unspecified atom stereocenters. The summed E-state index contributed by atoms with van der Waals surface area (Å²) in [7, 11) is 0. The van der Waals surface area contributed by atoms with E-state index in [-0.39, 0.29) is 0 Å². The Balaban J connectivity index is -0.000000407. The predicted octanol–water partition coefficient (Wildman–Crippen LogP) is 7.43. The van der Waals surface area contributed by atoms with E-state index < -0.39 is 0 Å². The number of anilines is 1. The summed E-state index contributed by atoms with van der Waals surface area (Å²) in [5.41, 5.74) is 0.851. The standard InChI is InChI=1S/C13H16N2.C5H12.3C2H6/c1-3-12-4-5-13(14-10-12)15-8-6-11(2)7-9-15;1-4-5(2)3;3*1-2/h1,4-5,10-11H,6-9H2,2H3;5H,4H2,1-3H3;3*1-2H3. The monoisotopic (exact) mass is 362 g/mol. The Labute approximate surface area is 165 Å². The summed E-state index contributed by atoms with van der Waals surface area (Å²) in [5, 5.41) is 0. The van der Waals surface area contributed by atoms with Crippen molar-refractivity contribution in [1.29, 1.82) is 0 Å². The second kappa shape index (κ2) is 21.6. The molecule has 0 aromatic carbocycles. The van der Waals surface area contributed by atoms with Gasteiger partial charge in [-0.2, -0.15) is 0 Å². The molecule has 2 nitrogen and oxygen atoms in total. The third-order valence-electron chi connectivity index (χ3n) is 3.84. The molecule has 1 aliphatic heterocycles. The Morgan fingerprint density at radius 3 is 1.85 bits per heavy atom. The molecule has 0 saturated carbocycles. The molecular weight excluding hydrogens is 316 g/mol. The van der Waals surface area contributed by atoms with Gasteiger partial charge in [0.05, 0.1) is 0 Å². The molecular formula is C24H46N2. The summed E-state index contributed by atoms with van der Waals surface area (Å²) >= 11 is 0. The van der Waals surface area contributed by atoms with E-state index in [9.17, 15) is 0 Å². The van der Waals surface area contributed by atoms with Crippen LogP contribution in [0.3, 0.4) is 0 Å². The largest absolute Gasteiger partial charge is 0.357 e. The number of aromatic nitrogens is 1. The van der Waals surface area contributed by atoms with Gasteiger partial charge >= 0.3 is 0 Å². The summed E-state index contributed by atoms with van der Waals surface area (Å²) < 4.78 is 0. The first kappa shape index (κ1) is 29.3. The average molecular weight is 363 g/mol. The number of hydrogen-bond donors (Lipinski definition) is 0. The van der Waals surface area contributed by atoms with Crippen molar-refractivity contribution >= 4 is 5.82 Å². The van der Waals surface area contributed by atoms with Gasteiger partial charge in [0.15, 0.2) is 0 Å². The van der Waals surface area contributed by atoms with Crippen molar-refractivity contribution in [2.75, 3.05) is 18.0 Å². The van der Waals surface area contributed by atoms with Gasteiger partial charge in [0.25, 0.3) is 0 Å². The van der Waals surface area contributed by atoms with Gasteiger partial charge in [0, 0.05) is 24.8 Å². The highest BCUT2D eigenvalue weighted by atomic mass is 15.2. The molecule has 2 heteroatoms. The highest BCUT2D eigenvalue weighted by Crippen LogP contribution is 2.20. The van der Waals surface area contributed by atoms with E-state index in [1.54, 1.807) is 6.20 Å².